The highest BCUT2D eigenvalue weighted by molar-refractivity contribution is 5.84. The summed E-state index contributed by atoms with van der Waals surface area (Å²) in [5, 5.41) is 11.5. The molecule has 0 saturated heterocycles. The first-order chi connectivity index (χ1) is 11.8. The van der Waals surface area contributed by atoms with E-state index < -0.39 is 0 Å². The Bertz CT molecular complexity index is 769. The predicted octanol–water partition coefficient (Wildman–Crippen LogP) is 6.42. The van der Waals surface area contributed by atoms with Crippen LogP contribution in [0.4, 0.5) is 0 Å². The van der Waals surface area contributed by atoms with Gasteiger partial charge < -0.3 is 0 Å². The summed E-state index contributed by atoms with van der Waals surface area (Å²) in [6.45, 7) is 2.36. The number of nitrogens with zero attached hydrogens (tertiary/aromatic N) is 1. The minimum Gasteiger partial charge on any atom is -0.192 e. The fourth-order valence-electron chi connectivity index (χ4n) is 5.25. The molecule has 4 atom stereocenters. The van der Waals surface area contributed by atoms with Crippen LogP contribution in [0.15, 0.2) is 36.4 Å². The number of benzene rings is 2. The molecule has 0 amide bonds. The fraction of sp³-hybridized carbons (Fsp3) is 0.522. The predicted molar refractivity (Wildman–Crippen MR) is 99.9 cm³/mol. The highest BCUT2D eigenvalue weighted by atomic mass is 14.4. The van der Waals surface area contributed by atoms with E-state index in [0.717, 1.165) is 29.2 Å². The van der Waals surface area contributed by atoms with Gasteiger partial charge in [-0.3, -0.25) is 0 Å². The number of nitriles is 1. The number of hydrogen-bond acceptors (Lipinski definition) is 1. The lowest BCUT2D eigenvalue weighted by molar-refractivity contribution is 0.116. The standard InChI is InChI=1S/C23H27N/c1-2-16-3-5-20-13-22(9-7-18(20)11-16)23-10-8-19-12-17(15-24)4-6-21(19)14-23/h4,6,8,10,12,14,16,18,20,22H,2-3,5,7,9,11,13H2,1H3/t16-,18?,20-,22?/m1/s1. The highest BCUT2D eigenvalue weighted by Crippen LogP contribution is 2.48. The zero-order valence-electron chi connectivity index (χ0n) is 14.7. The van der Waals surface area contributed by atoms with Gasteiger partial charge in [0.1, 0.15) is 0 Å². The summed E-state index contributed by atoms with van der Waals surface area (Å²) in [6, 6.07) is 15.2. The van der Waals surface area contributed by atoms with Crippen LogP contribution in [0.1, 0.15) is 68.9 Å². The molecule has 0 aliphatic heterocycles. The van der Waals surface area contributed by atoms with Crippen molar-refractivity contribution in [2.24, 2.45) is 17.8 Å². The van der Waals surface area contributed by atoms with Crippen molar-refractivity contribution < 1.29 is 0 Å². The molecule has 0 bridgehead atoms. The quantitative estimate of drug-likeness (QED) is 0.627. The van der Waals surface area contributed by atoms with Gasteiger partial charge in [0.2, 0.25) is 0 Å². The summed E-state index contributed by atoms with van der Waals surface area (Å²) < 4.78 is 0. The molecule has 0 spiro atoms. The molecule has 124 valence electrons. The Labute approximate surface area is 145 Å². The van der Waals surface area contributed by atoms with Crippen LogP contribution in [0, 0.1) is 29.1 Å². The molecule has 4 rings (SSSR count). The minimum atomic E-state index is 0.740. The largest absolute Gasteiger partial charge is 0.192 e. The van der Waals surface area contributed by atoms with Crippen LogP contribution in [0.25, 0.3) is 10.8 Å². The maximum absolute atomic E-state index is 9.05. The lowest BCUT2D eigenvalue weighted by atomic mass is 9.63. The van der Waals surface area contributed by atoms with E-state index in [-0.39, 0.29) is 0 Å². The zero-order chi connectivity index (χ0) is 16.5. The van der Waals surface area contributed by atoms with Crippen molar-refractivity contribution in [1.82, 2.24) is 0 Å². The molecule has 2 aliphatic carbocycles. The third-order valence-corrected chi connectivity index (χ3v) is 6.76. The Hall–Kier alpha value is -1.81. The highest BCUT2D eigenvalue weighted by Gasteiger charge is 2.35. The van der Waals surface area contributed by atoms with Gasteiger partial charge in [-0.15, -0.1) is 0 Å². The first-order valence-electron chi connectivity index (χ1n) is 9.70. The van der Waals surface area contributed by atoms with Crippen LogP contribution in [-0.2, 0) is 0 Å². The van der Waals surface area contributed by atoms with Crippen LogP contribution in [0.2, 0.25) is 0 Å². The van der Waals surface area contributed by atoms with E-state index in [1.54, 1.807) is 0 Å². The molecule has 2 unspecified atom stereocenters. The summed E-state index contributed by atoms with van der Waals surface area (Å²) in [5.41, 5.74) is 2.27. The van der Waals surface area contributed by atoms with Crippen LogP contribution in [0.3, 0.4) is 0 Å². The molecule has 2 fully saturated rings. The smallest absolute Gasteiger partial charge is 0.0991 e. The molecule has 2 aromatic carbocycles. The average Bonchev–Trinajstić information content (AvgIpc) is 2.66. The molecule has 0 N–H and O–H groups in total. The van der Waals surface area contributed by atoms with Gasteiger partial charge in [-0.25, -0.2) is 0 Å². The first kappa shape index (κ1) is 15.7. The molecule has 1 nitrogen and oxygen atoms in total. The van der Waals surface area contributed by atoms with Crippen molar-refractivity contribution in [2.75, 3.05) is 0 Å². The summed E-state index contributed by atoms with van der Waals surface area (Å²) in [5.74, 6) is 3.70. The molecule has 0 aromatic heterocycles. The monoisotopic (exact) mass is 317 g/mol. The van der Waals surface area contributed by atoms with Crippen LogP contribution >= 0.6 is 0 Å². The van der Waals surface area contributed by atoms with Crippen molar-refractivity contribution in [3.05, 3.63) is 47.5 Å². The molecular formula is C23H27N. The molecule has 2 aliphatic rings. The summed E-state index contributed by atoms with van der Waals surface area (Å²) in [7, 11) is 0. The van der Waals surface area contributed by atoms with Crippen molar-refractivity contribution in [2.45, 2.75) is 57.8 Å². The molecule has 2 aromatic rings. The zero-order valence-corrected chi connectivity index (χ0v) is 14.7. The summed E-state index contributed by atoms with van der Waals surface area (Å²) in [4.78, 5) is 0. The van der Waals surface area contributed by atoms with E-state index in [9.17, 15) is 0 Å². The van der Waals surface area contributed by atoms with Gasteiger partial charge in [0.15, 0.2) is 0 Å². The van der Waals surface area contributed by atoms with Crippen LogP contribution < -0.4 is 0 Å². The normalized spacial score (nSPS) is 29.8. The topological polar surface area (TPSA) is 23.8 Å². The van der Waals surface area contributed by atoms with E-state index in [4.69, 9.17) is 5.26 Å². The maximum Gasteiger partial charge on any atom is 0.0991 e. The molecule has 0 heterocycles. The minimum absolute atomic E-state index is 0.740. The Morgan fingerprint density at radius 3 is 2.50 bits per heavy atom. The second-order valence-electron chi connectivity index (χ2n) is 8.05. The van der Waals surface area contributed by atoms with Gasteiger partial charge in [-0.2, -0.15) is 5.26 Å². The van der Waals surface area contributed by atoms with Gasteiger partial charge in [-0.1, -0.05) is 44.0 Å². The molecular weight excluding hydrogens is 290 g/mol. The number of fused-ring (bicyclic) bond motifs is 2. The Morgan fingerprint density at radius 2 is 1.67 bits per heavy atom. The molecule has 24 heavy (non-hydrogen) atoms. The Kier molecular flexibility index (Phi) is 4.31. The SMILES string of the molecule is CC[C@@H]1CC[C@@H]2CC(c3ccc4cc(C#N)ccc4c3)CCC2C1. The van der Waals surface area contributed by atoms with E-state index >= 15 is 0 Å². The second-order valence-corrected chi connectivity index (χ2v) is 8.05. The summed E-state index contributed by atoms with van der Waals surface area (Å²) >= 11 is 0. The first-order valence-corrected chi connectivity index (χ1v) is 9.70. The summed E-state index contributed by atoms with van der Waals surface area (Å²) in [6.07, 6.45) is 9.96. The second kappa shape index (κ2) is 6.60. The van der Waals surface area contributed by atoms with Gasteiger partial charge in [0.25, 0.3) is 0 Å². The van der Waals surface area contributed by atoms with Gasteiger partial charge >= 0.3 is 0 Å². The fourth-order valence-corrected chi connectivity index (χ4v) is 5.25. The molecule has 1 heteroatoms. The van der Waals surface area contributed by atoms with Gasteiger partial charge in [0.05, 0.1) is 11.6 Å². The van der Waals surface area contributed by atoms with Crippen LogP contribution in [-0.4, -0.2) is 0 Å². The van der Waals surface area contributed by atoms with E-state index in [2.05, 4.69) is 37.3 Å². The Morgan fingerprint density at radius 1 is 0.917 bits per heavy atom. The van der Waals surface area contributed by atoms with E-state index in [1.165, 1.54) is 61.3 Å². The average molecular weight is 317 g/mol. The molecule has 2 saturated carbocycles. The van der Waals surface area contributed by atoms with Crippen molar-refractivity contribution >= 4 is 10.8 Å². The third kappa shape index (κ3) is 2.95. The van der Waals surface area contributed by atoms with E-state index in [1.807, 2.05) is 12.1 Å². The van der Waals surface area contributed by atoms with Crippen molar-refractivity contribution in [1.29, 1.82) is 5.26 Å². The van der Waals surface area contributed by atoms with Gasteiger partial charge in [0, 0.05) is 0 Å². The lowest BCUT2D eigenvalue weighted by Crippen LogP contribution is -2.30. The Balaban J connectivity index is 1.52. The van der Waals surface area contributed by atoms with Crippen molar-refractivity contribution in [3.63, 3.8) is 0 Å². The maximum atomic E-state index is 9.05. The molecule has 0 radical (unpaired) electrons. The van der Waals surface area contributed by atoms with Crippen molar-refractivity contribution in [3.8, 4) is 6.07 Å². The third-order valence-electron chi connectivity index (χ3n) is 6.76. The number of hydrogen-bond donors (Lipinski definition) is 0. The van der Waals surface area contributed by atoms with E-state index in [0.29, 0.717) is 0 Å². The van der Waals surface area contributed by atoms with Crippen LogP contribution in [0.5, 0.6) is 0 Å². The lowest BCUT2D eigenvalue weighted by Gasteiger charge is -2.42. The number of rotatable bonds is 2. The van der Waals surface area contributed by atoms with Gasteiger partial charge in [-0.05, 0) is 84.2 Å².